The van der Waals surface area contributed by atoms with Crippen LogP contribution in [0.4, 0.5) is 5.69 Å². The third-order valence-electron chi connectivity index (χ3n) is 4.06. The Hall–Kier alpha value is -2.38. The number of hydrogen-bond acceptors (Lipinski definition) is 4. The summed E-state index contributed by atoms with van der Waals surface area (Å²) < 4.78 is 0. The van der Waals surface area contributed by atoms with E-state index in [-0.39, 0.29) is 0 Å². The van der Waals surface area contributed by atoms with Gasteiger partial charge in [-0.15, -0.1) is 0 Å². The van der Waals surface area contributed by atoms with Crippen molar-refractivity contribution in [3.8, 4) is 6.07 Å². The van der Waals surface area contributed by atoms with Crippen LogP contribution < -0.4 is 10.6 Å². The Kier molecular flexibility index (Phi) is 4.67. The third-order valence-corrected chi connectivity index (χ3v) is 4.06. The molecule has 1 aliphatic rings. The molecular formula is C18H20N4. The molecule has 4 nitrogen and oxygen atoms in total. The number of hydrogen-bond donors (Lipinski definition) is 2. The van der Waals surface area contributed by atoms with Gasteiger partial charge in [0.2, 0.25) is 0 Å². The summed E-state index contributed by atoms with van der Waals surface area (Å²) in [7, 11) is 0. The summed E-state index contributed by atoms with van der Waals surface area (Å²) in [5, 5.41) is 15.8. The van der Waals surface area contributed by atoms with Crippen LogP contribution in [0.5, 0.6) is 0 Å². The molecular weight excluding hydrogens is 272 g/mol. The van der Waals surface area contributed by atoms with Crippen LogP contribution in [0.25, 0.3) is 0 Å². The number of nitrogens with one attached hydrogen (secondary N) is 2. The second kappa shape index (κ2) is 7.06. The fourth-order valence-electron chi connectivity index (χ4n) is 2.79. The first-order valence-corrected chi connectivity index (χ1v) is 7.72. The Morgan fingerprint density at radius 1 is 1.27 bits per heavy atom. The van der Waals surface area contributed by atoms with Gasteiger partial charge in [-0.25, -0.2) is 0 Å². The number of pyridine rings is 1. The quantitative estimate of drug-likeness (QED) is 0.831. The minimum Gasteiger partial charge on any atom is -0.383 e. The van der Waals surface area contributed by atoms with Gasteiger partial charge in [0.1, 0.15) is 0 Å². The van der Waals surface area contributed by atoms with Gasteiger partial charge < -0.3 is 10.6 Å². The van der Waals surface area contributed by atoms with E-state index in [1.54, 1.807) is 0 Å². The molecule has 0 bridgehead atoms. The highest BCUT2D eigenvalue weighted by Gasteiger charge is 2.18. The van der Waals surface area contributed by atoms with Crippen LogP contribution in [0.2, 0.25) is 0 Å². The van der Waals surface area contributed by atoms with Crippen molar-refractivity contribution in [3.63, 3.8) is 0 Å². The molecule has 0 saturated heterocycles. The van der Waals surface area contributed by atoms with Crippen molar-refractivity contribution in [1.29, 1.82) is 5.26 Å². The molecule has 0 radical (unpaired) electrons. The van der Waals surface area contributed by atoms with Crippen molar-refractivity contribution in [2.75, 3.05) is 25.0 Å². The van der Waals surface area contributed by atoms with E-state index in [0.29, 0.717) is 5.92 Å². The van der Waals surface area contributed by atoms with Crippen molar-refractivity contribution in [3.05, 3.63) is 59.4 Å². The SMILES string of the molecule is N#Cc1ccc(CCNCC2CNc3cccnc3C2)cc1. The highest BCUT2D eigenvalue weighted by molar-refractivity contribution is 5.49. The van der Waals surface area contributed by atoms with E-state index in [4.69, 9.17) is 5.26 Å². The van der Waals surface area contributed by atoms with E-state index < -0.39 is 0 Å². The van der Waals surface area contributed by atoms with Crippen LogP contribution in [-0.2, 0) is 12.8 Å². The summed E-state index contributed by atoms with van der Waals surface area (Å²) in [4.78, 5) is 4.45. The van der Waals surface area contributed by atoms with Crippen LogP contribution in [0.3, 0.4) is 0 Å². The molecule has 1 aliphatic heterocycles. The van der Waals surface area contributed by atoms with Gasteiger partial charge in [0.25, 0.3) is 0 Å². The first kappa shape index (κ1) is 14.6. The number of anilines is 1. The molecule has 0 spiro atoms. The Balaban J connectivity index is 1.41. The minimum absolute atomic E-state index is 0.586. The van der Waals surface area contributed by atoms with Crippen LogP contribution in [0, 0.1) is 17.2 Å². The maximum absolute atomic E-state index is 8.78. The monoisotopic (exact) mass is 292 g/mol. The predicted molar refractivity (Wildman–Crippen MR) is 87.7 cm³/mol. The summed E-state index contributed by atoms with van der Waals surface area (Å²) in [6, 6.07) is 14.0. The minimum atomic E-state index is 0.586. The molecule has 2 N–H and O–H groups in total. The van der Waals surface area contributed by atoms with Crippen molar-refractivity contribution in [2.24, 2.45) is 5.92 Å². The van der Waals surface area contributed by atoms with E-state index >= 15 is 0 Å². The van der Waals surface area contributed by atoms with Gasteiger partial charge in [-0.2, -0.15) is 5.26 Å². The Morgan fingerprint density at radius 3 is 2.95 bits per heavy atom. The van der Waals surface area contributed by atoms with Crippen molar-refractivity contribution in [2.45, 2.75) is 12.8 Å². The topological polar surface area (TPSA) is 60.7 Å². The fourth-order valence-corrected chi connectivity index (χ4v) is 2.79. The molecule has 1 aromatic heterocycles. The standard InChI is InChI=1S/C18H20N4/c19-11-15-5-3-14(4-6-15)7-9-20-12-16-10-18-17(22-13-16)2-1-8-21-18/h1-6,8,16,20,22H,7,9-10,12-13H2. The molecule has 1 atom stereocenters. The summed E-state index contributed by atoms with van der Waals surface area (Å²) in [6.07, 6.45) is 3.88. The zero-order valence-electron chi connectivity index (χ0n) is 12.5. The first-order valence-electron chi connectivity index (χ1n) is 7.72. The largest absolute Gasteiger partial charge is 0.383 e. The molecule has 1 aromatic carbocycles. The van der Waals surface area contributed by atoms with Gasteiger partial charge in [0.15, 0.2) is 0 Å². The summed E-state index contributed by atoms with van der Waals surface area (Å²) in [6.45, 7) is 2.96. The van der Waals surface area contributed by atoms with E-state index in [2.05, 4.69) is 27.8 Å². The van der Waals surface area contributed by atoms with Gasteiger partial charge in [-0.3, -0.25) is 4.98 Å². The number of nitrogens with zero attached hydrogens (tertiary/aromatic N) is 2. The molecule has 3 rings (SSSR count). The molecule has 0 aliphatic carbocycles. The summed E-state index contributed by atoms with van der Waals surface area (Å²) >= 11 is 0. The molecule has 2 heterocycles. The number of rotatable bonds is 5. The van der Waals surface area contributed by atoms with Gasteiger partial charge in [0.05, 0.1) is 23.0 Å². The number of fused-ring (bicyclic) bond motifs is 1. The number of aromatic nitrogens is 1. The van der Waals surface area contributed by atoms with Gasteiger partial charge in [0, 0.05) is 19.3 Å². The molecule has 2 aromatic rings. The molecule has 0 saturated carbocycles. The van der Waals surface area contributed by atoms with Crippen LogP contribution in [0.1, 0.15) is 16.8 Å². The zero-order valence-corrected chi connectivity index (χ0v) is 12.5. The third kappa shape index (κ3) is 3.63. The van der Waals surface area contributed by atoms with Gasteiger partial charge >= 0.3 is 0 Å². The molecule has 4 heteroatoms. The molecule has 112 valence electrons. The maximum atomic E-state index is 8.78. The lowest BCUT2D eigenvalue weighted by Crippen LogP contribution is -2.33. The number of benzene rings is 1. The Morgan fingerprint density at radius 2 is 2.14 bits per heavy atom. The highest BCUT2D eigenvalue weighted by Crippen LogP contribution is 2.21. The lowest BCUT2D eigenvalue weighted by atomic mass is 9.98. The van der Waals surface area contributed by atoms with Gasteiger partial charge in [-0.05, 0) is 55.1 Å². The first-order chi connectivity index (χ1) is 10.8. The Bertz CT molecular complexity index is 658. The lowest BCUT2D eigenvalue weighted by Gasteiger charge is -2.25. The van der Waals surface area contributed by atoms with Crippen molar-refractivity contribution >= 4 is 5.69 Å². The normalized spacial score (nSPS) is 16.4. The van der Waals surface area contributed by atoms with E-state index in [1.807, 2.05) is 36.5 Å². The van der Waals surface area contributed by atoms with Crippen LogP contribution in [-0.4, -0.2) is 24.6 Å². The molecule has 1 unspecified atom stereocenters. The van der Waals surface area contributed by atoms with Crippen molar-refractivity contribution < 1.29 is 0 Å². The zero-order chi connectivity index (χ0) is 15.2. The fraction of sp³-hybridized carbons (Fsp3) is 0.333. The summed E-state index contributed by atoms with van der Waals surface area (Å²) in [5.74, 6) is 0.586. The predicted octanol–water partition coefficient (Wildman–Crippen LogP) is 2.37. The second-order valence-electron chi connectivity index (χ2n) is 5.71. The van der Waals surface area contributed by atoms with E-state index in [9.17, 15) is 0 Å². The smallest absolute Gasteiger partial charge is 0.0991 e. The number of nitriles is 1. The summed E-state index contributed by atoms with van der Waals surface area (Å²) in [5.41, 5.74) is 4.33. The lowest BCUT2D eigenvalue weighted by molar-refractivity contribution is 0.480. The van der Waals surface area contributed by atoms with Crippen molar-refractivity contribution in [1.82, 2.24) is 10.3 Å². The Labute approximate surface area is 131 Å². The van der Waals surface area contributed by atoms with Crippen LogP contribution in [0.15, 0.2) is 42.6 Å². The average molecular weight is 292 g/mol. The van der Waals surface area contributed by atoms with E-state index in [1.165, 1.54) is 16.9 Å². The van der Waals surface area contributed by atoms with Crippen LogP contribution >= 0.6 is 0 Å². The molecule has 0 fully saturated rings. The maximum Gasteiger partial charge on any atom is 0.0991 e. The molecule has 0 amide bonds. The van der Waals surface area contributed by atoms with Gasteiger partial charge in [-0.1, -0.05) is 12.1 Å². The highest BCUT2D eigenvalue weighted by atomic mass is 14.9. The second-order valence-corrected chi connectivity index (χ2v) is 5.71. The average Bonchev–Trinajstić information content (AvgIpc) is 2.59. The van der Waals surface area contributed by atoms with E-state index in [0.717, 1.165) is 38.0 Å². The molecule has 22 heavy (non-hydrogen) atoms.